The fraction of sp³-hybridized carbons (Fsp3) is 0.696. The Kier molecular flexibility index (Phi) is 8.17. The summed E-state index contributed by atoms with van der Waals surface area (Å²) in [5.74, 6) is -0.825. The summed E-state index contributed by atoms with van der Waals surface area (Å²) in [4.78, 5) is 36.6. The molecule has 0 radical (unpaired) electrons. The number of ether oxygens (including phenoxy) is 3. The molecule has 1 aliphatic heterocycles. The van der Waals surface area contributed by atoms with Gasteiger partial charge in [0.05, 0.1) is 12.9 Å². The third-order valence-corrected chi connectivity index (χ3v) is 12.8. The monoisotopic (exact) mass is 507 g/mol. The molecule has 1 saturated heterocycles. The number of aromatic nitrogens is 4. The Morgan fingerprint density at radius 2 is 1.57 bits per heavy atom. The van der Waals surface area contributed by atoms with Gasteiger partial charge < -0.3 is 24.4 Å². The molecular weight excluding hydrogens is 470 g/mol. The van der Waals surface area contributed by atoms with E-state index in [2.05, 4.69) is 56.5 Å². The predicted octanol–water partition coefficient (Wildman–Crippen LogP) is 3.36. The highest BCUT2D eigenvalue weighted by atomic mass is 28.4. The van der Waals surface area contributed by atoms with Gasteiger partial charge in [0.25, 0.3) is 0 Å². The summed E-state index contributed by atoms with van der Waals surface area (Å²) < 4.78 is 26.0. The van der Waals surface area contributed by atoms with Crippen LogP contribution in [-0.4, -0.2) is 64.7 Å². The molecular formula is C23H37N5O6Si. The maximum Gasteiger partial charge on any atom is 0.303 e. The Morgan fingerprint density at radius 1 is 1.00 bits per heavy atom. The van der Waals surface area contributed by atoms with Crippen molar-refractivity contribution in [1.29, 1.82) is 0 Å². The lowest BCUT2D eigenvalue weighted by Gasteiger charge is -2.42. The molecule has 4 atom stereocenters. The lowest BCUT2D eigenvalue weighted by atomic mass is 10.1. The summed E-state index contributed by atoms with van der Waals surface area (Å²) in [7, 11) is -2.24. The summed E-state index contributed by atoms with van der Waals surface area (Å²) in [5.41, 5.74) is 7.82. The first-order valence-electron chi connectivity index (χ1n) is 12.0. The minimum absolute atomic E-state index is 0.191. The number of carbonyl (C=O) groups is 2. The SMILES string of the molecule is CC(=O)O[C@H]1[C@H](OC(C)=O)[C@@H](CO[Si](C(C)C)(C(C)C)C(C)C)O[C@H]1n1cnc2c(N)ncnc21. The van der Waals surface area contributed by atoms with Crippen LogP contribution in [0, 0.1) is 0 Å². The molecule has 0 unspecified atom stereocenters. The van der Waals surface area contributed by atoms with Gasteiger partial charge in [-0.2, -0.15) is 0 Å². The highest BCUT2D eigenvalue weighted by molar-refractivity contribution is 6.77. The van der Waals surface area contributed by atoms with E-state index in [-0.39, 0.29) is 12.4 Å². The van der Waals surface area contributed by atoms with Gasteiger partial charge in [-0.3, -0.25) is 14.2 Å². The summed E-state index contributed by atoms with van der Waals surface area (Å²) in [6.45, 7) is 16.0. The molecule has 3 heterocycles. The third-order valence-electron chi connectivity index (χ3n) is 6.76. The minimum Gasteiger partial charge on any atom is -0.456 e. The van der Waals surface area contributed by atoms with E-state index in [1.165, 1.54) is 26.5 Å². The van der Waals surface area contributed by atoms with Crippen LogP contribution in [0.3, 0.4) is 0 Å². The van der Waals surface area contributed by atoms with Gasteiger partial charge in [0.15, 0.2) is 38.2 Å². The zero-order chi connectivity index (χ0) is 26.1. The van der Waals surface area contributed by atoms with E-state index in [9.17, 15) is 9.59 Å². The second-order valence-corrected chi connectivity index (χ2v) is 15.4. The topological polar surface area (TPSA) is 141 Å². The number of carbonyl (C=O) groups excluding carboxylic acids is 2. The molecule has 0 aromatic carbocycles. The first-order chi connectivity index (χ1) is 16.4. The van der Waals surface area contributed by atoms with Crippen molar-refractivity contribution in [2.45, 2.75) is 96.6 Å². The molecule has 0 bridgehead atoms. The van der Waals surface area contributed by atoms with Gasteiger partial charge in [-0.25, -0.2) is 15.0 Å². The second-order valence-electron chi connectivity index (χ2n) is 9.92. The second kappa shape index (κ2) is 10.6. The van der Waals surface area contributed by atoms with E-state index in [0.717, 1.165) is 0 Å². The summed E-state index contributed by atoms with van der Waals surface area (Å²) in [6, 6.07) is 0. The van der Waals surface area contributed by atoms with Crippen molar-refractivity contribution >= 4 is 37.2 Å². The van der Waals surface area contributed by atoms with Crippen LogP contribution in [0.5, 0.6) is 0 Å². The van der Waals surface area contributed by atoms with Crippen molar-refractivity contribution < 1.29 is 28.2 Å². The van der Waals surface area contributed by atoms with E-state index in [1.54, 1.807) is 4.57 Å². The first-order valence-corrected chi connectivity index (χ1v) is 14.1. The minimum atomic E-state index is -2.24. The van der Waals surface area contributed by atoms with Gasteiger partial charge >= 0.3 is 11.9 Å². The van der Waals surface area contributed by atoms with E-state index in [1.807, 2.05) is 0 Å². The molecule has 0 amide bonds. The number of fused-ring (bicyclic) bond motifs is 1. The number of anilines is 1. The van der Waals surface area contributed by atoms with Crippen LogP contribution in [0.15, 0.2) is 12.7 Å². The van der Waals surface area contributed by atoms with Crippen LogP contribution >= 0.6 is 0 Å². The third kappa shape index (κ3) is 5.19. The van der Waals surface area contributed by atoms with Crippen molar-refractivity contribution in [1.82, 2.24) is 19.5 Å². The number of esters is 2. The molecule has 11 nitrogen and oxygen atoms in total. The quantitative estimate of drug-likeness (QED) is 0.397. The predicted molar refractivity (Wildman–Crippen MR) is 132 cm³/mol. The van der Waals surface area contributed by atoms with Crippen LogP contribution in [-0.2, 0) is 28.2 Å². The Hall–Kier alpha value is -2.57. The molecule has 2 aromatic rings. The number of imidazole rings is 1. The van der Waals surface area contributed by atoms with Gasteiger partial charge in [-0.1, -0.05) is 41.5 Å². The Morgan fingerprint density at radius 3 is 2.11 bits per heavy atom. The number of nitrogen functional groups attached to an aromatic ring is 1. The van der Waals surface area contributed by atoms with Gasteiger partial charge in [0.1, 0.15) is 17.9 Å². The molecule has 2 aromatic heterocycles. The smallest absolute Gasteiger partial charge is 0.303 e. The molecule has 0 saturated carbocycles. The normalized spacial score (nSPS) is 22.9. The van der Waals surface area contributed by atoms with Crippen LogP contribution < -0.4 is 5.73 Å². The van der Waals surface area contributed by atoms with Crippen LogP contribution in [0.4, 0.5) is 5.82 Å². The van der Waals surface area contributed by atoms with Crippen LogP contribution in [0.25, 0.3) is 11.2 Å². The maximum atomic E-state index is 12.0. The van der Waals surface area contributed by atoms with E-state index in [0.29, 0.717) is 27.8 Å². The van der Waals surface area contributed by atoms with E-state index in [4.69, 9.17) is 24.4 Å². The van der Waals surface area contributed by atoms with Crippen molar-refractivity contribution in [2.75, 3.05) is 12.3 Å². The Bertz CT molecular complexity index is 1040. The van der Waals surface area contributed by atoms with Gasteiger partial charge in [-0.15, -0.1) is 0 Å². The van der Waals surface area contributed by atoms with Crippen LogP contribution in [0.2, 0.25) is 16.6 Å². The largest absolute Gasteiger partial charge is 0.456 e. The van der Waals surface area contributed by atoms with Crippen LogP contribution in [0.1, 0.15) is 61.6 Å². The van der Waals surface area contributed by atoms with Crippen molar-refractivity contribution in [3.05, 3.63) is 12.7 Å². The lowest BCUT2D eigenvalue weighted by molar-refractivity contribution is -0.165. The highest BCUT2D eigenvalue weighted by Gasteiger charge is 2.53. The fourth-order valence-electron chi connectivity index (χ4n) is 5.50. The molecule has 0 aliphatic carbocycles. The van der Waals surface area contributed by atoms with Crippen molar-refractivity contribution in [3.63, 3.8) is 0 Å². The summed E-state index contributed by atoms with van der Waals surface area (Å²) in [5, 5.41) is 0. The molecule has 3 rings (SSSR count). The average Bonchev–Trinajstić information content (AvgIpc) is 3.30. The highest BCUT2D eigenvalue weighted by Crippen LogP contribution is 2.43. The van der Waals surface area contributed by atoms with Gasteiger partial charge in [0, 0.05) is 13.8 Å². The zero-order valence-corrected chi connectivity index (χ0v) is 22.7. The molecule has 194 valence electrons. The van der Waals surface area contributed by atoms with Crippen molar-refractivity contribution in [2.24, 2.45) is 0 Å². The molecule has 0 spiro atoms. The number of nitrogens with zero attached hydrogens (tertiary/aromatic N) is 4. The lowest BCUT2D eigenvalue weighted by Crippen LogP contribution is -2.50. The number of nitrogens with two attached hydrogens (primary N) is 1. The number of rotatable bonds is 9. The molecule has 1 aliphatic rings. The molecule has 2 N–H and O–H groups in total. The summed E-state index contributed by atoms with van der Waals surface area (Å²) >= 11 is 0. The Balaban J connectivity index is 2.01. The first kappa shape index (κ1) is 27.0. The van der Waals surface area contributed by atoms with Gasteiger partial charge in [0.2, 0.25) is 0 Å². The molecule has 35 heavy (non-hydrogen) atoms. The molecule has 1 fully saturated rings. The Labute approximate surface area is 206 Å². The maximum absolute atomic E-state index is 12.0. The van der Waals surface area contributed by atoms with Crippen molar-refractivity contribution in [3.8, 4) is 0 Å². The average molecular weight is 508 g/mol. The van der Waals surface area contributed by atoms with E-state index >= 15 is 0 Å². The number of hydrogen-bond acceptors (Lipinski definition) is 10. The zero-order valence-electron chi connectivity index (χ0n) is 21.7. The standard InChI is InChI=1S/C23H37N5O6Si/c1-12(2)35(13(3)4,14(5)6)31-9-17-19(32-15(7)29)20(33-16(8)30)23(34-17)28-11-27-18-21(24)25-10-26-22(18)28/h10-14,17,19-20,23H,9H2,1-8H3,(H2,24,25,26)/t17-,19-,20+,23-/m1/s1. The fourth-order valence-corrected chi connectivity index (χ4v) is 11.0. The molecule has 12 heteroatoms. The number of hydrogen-bond donors (Lipinski definition) is 1. The summed E-state index contributed by atoms with van der Waals surface area (Å²) in [6.07, 6.45) is -0.523. The van der Waals surface area contributed by atoms with Gasteiger partial charge in [-0.05, 0) is 16.6 Å². The van der Waals surface area contributed by atoms with E-state index < -0.39 is 44.8 Å².